The number of hydrogen-bond acceptors (Lipinski definition) is 4. The van der Waals surface area contributed by atoms with Gasteiger partial charge in [0.15, 0.2) is 5.76 Å². The van der Waals surface area contributed by atoms with Crippen LogP contribution in [-0.4, -0.2) is 54.5 Å². The minimum atomic E-state index is -0.00333. The first-order chi connectivity index (χ1) is 13.6. The summed E-state index contributed by atoms with van der Waals surface area (Å²) >= 11 is 6.22. The number of carbonyl (C=O) groups is 1. The van der Waals surface area contributed by atoms with Crippen molar-refractivity contribution < 1.29 is 9.21 Å². The van der Waals surface area contributed by atoms with Crippen molar-refractivity contribution in [1.82, 2.24) is 9.80 Å². The molecule has 1 aliphatic heterocycles. The van der Waals surface area contributed by atoms with Gasteiger partial charge in [-0.1, -0.05) is 23.7 Å². The largest absolute Gasteiger partial charge is 0.459 e. The average Bonchev–Trinajstić information content (AvgIpc) is 3.28. The molecule has 2 aromatic rings. The Kier molecular flexibility index (Phi) is 5.76. The van der Waals surface area contributed by atoms with Crippen molar-refractivity contribution in [2.45, 2.75) is 37.1 Å². The van der Waals surface area contributed by atoms with Crippen molar-refractivity contribution in [1.29, 1.82) is 0 Å². The Labute approximate surface area is 171 Å². The van der Waals surface area contributed by atoms with E-state index in [0.29, 0.717) is 18.3 Å². The number of carbonyl (C=O) groups excluding carboxylic acids is 1. The lowest BCUT2D eigenvalue weighted by Crippen LogP contribution is -2.54. The van der Waals surface area contributed by atoms with Crippen LogP contribution in [0.2, 0.25) is 5.02 Å². The highest BCUT2D eigenvalue weighted by Crippen LogP contribution is 2.41. The summed E-state index contributed by atoms with van der Waals surface area (Å²) in [7, 11) is 0. The molecule has 0 unspecified atom stereocenters. The zero-order valence-electron chi connectivity index (χ0n) is 16.1. The molecule has 0 atom stereocenters. The van der Waals surface area contributed by atoms with Gasteiger partial charge in [0.1, 0.15) is 0 Å². The predicted molar refractivity (Wildman–Crippen MR) is 111 cm³/mol. The summed E-state index contributed by atoms with van der Waals surface area (Å²) in [5.74, 6) is 0.428. The highest BCUT2D eigenvalue weighted by atomic mass is 35.5. The molecule has 0 spiro atoms. The molecule has 28 heavy (non-hydrogen) atoms. The summed E-state index contributed by atoms with van der Waals surface area (Å²) < 4.78 is 5.25. The van der Waals surface area contributed by atoms with Gasteiger partial charge in [-0.3, -0.25) is 9.69 Å². The van der Waals surface area contributed by atoms with Crippen LogP contribution >= 0.6 is 11.6 Å². The molecule has 4 rings (SSSR count). The molecule has 2 N–H and O–H groups in total. The molecule has 150 valence electrons. The molecule has 2 heterocycles. The zero-order chi connectivity index (χ0) is 19.6. The van der Waals surface area contributed by atoms with Gasteiger partial charge in [-0.05, 0) is 55.5 Å². The second kappa shape index (κ2) is 8.27. The first kappa shape index (κ1) is 19.5. The van der Waals surface area contributed by atoms with Crippen molar-refractivity contribution >= 4 is 17.5 Å². The molecule has 1 aliphatic carbocycles. The van der Waals surface area contributed by atoms with Crippen molar-refractivity contribution in [2.75, 3.05) is 32.7 Å². The topological polar surface area (TPSA) is 62.7 Å². The van der Waals surface area contributed by atoms with Crippen molar-refractivity contribution in [3.63, 3.8) is 0 Å². The fraction of sp³-hybridized carbons (Fsp3) is 0.500. The molecule has 2 fully saturated rings. The van der Waals surface area contributed by atoms with Crippen LogP contribution in [0.1, 0.15) is 41.8 Å². The Bertz CT molecular complexity index is 792. The van der Waals surface area contributed by atoms with Gasteiger partial charge in [-0.15, -0.1) is 0 Å². The summed E-state index contributed by atoms with van der Waals surface area (Å²) in [6.45, 7) is 4.01. The van der Waals surface area contributed by atoms with Crippen molar-refractivity contribution in [3.05, 3.63) is 59.0 Å². The van der Waals surface area contributed by atoms with Gasteiger partial charge in [-0.2, -0.15) is 0 Å². The number of piperazine rings is 1. The van der Waals surface area contributed by atoms with Crippen LogP contribution in [0, 0.1) is 0 Å². The van der Waals surface area contributed by atoms with E-state index in [1.54, 1.807) is 18.4 Å². The highest BCUT2D eigenvalue weighted by molar-refractivity contribution is 6.30. The van der Waals surface area contributed by atoms with Gasteiger partial charge in [-0.25, -0.2) is 0 Å². The number of furan rings is 1. The number of amides is 1. The lowest BCUT2D eigenvalue weighted by Gasteiger charge is -2.45. The molecule has 1 amide bonds. The fourth-order valence-corrected chi connectivity index (χ4v) is 4.99. The van der Waals surface area contributed by atoms with Gasteiger partial charge in [0, 0.05) is 49.2 Å². The Hall–Kier alpha value is -1.82. The Morgan fingerprint density at radius 3 is 2.50 bits per heavy atom. The number of nitrogens with zero attached hydrogens (tertiary/aromatic N) is 2. The monoisotopic (exact) mass is 401 g/mol. The molecule has 2 aliphatic rings. The van der Waals surface area contributed by atoms with E-state index in [1.165, 1.54) is 5.56 Å². The molecule has 0 radical (unpaired) electrons. The molecule has 1 aromatic heterocycles. The van der Waals surface area contributed by atoms with E-state index in [-0.39, 0.29) is 11.3 Å². The summed E-state index contributed by atoms with van der Waals surface area (Å²) in [5.41, 5.74) is 7.55. The minimum absolute atomic E-state index is 0.00333. The summed E-state index contributed by atoms with van der Waals surface area (Å²) in [6, 6.07) is 12.2. The van der Waals surface area contributed by atoms with E-state index in [0.717, 1.165) is 56.9 Å². The fourth-order valence-electron chi connectivity index (χ4n) is 4.80. The average molecular weight is 402 g/mol. The van der Waals surface area contributed by atoms with E-state index >= 15 is 0 Å². The molecule has 0 bridgehead atoms. The van der Waals surface area contributed by atoms with Crippen LogP contribution in [-0.2, 0) is 5.41 Å². The molecular formula is C22H28ClN3O2. The number of rotatable bonds is 4. The van der Waals surface area contributed by atoms with Gasteiger partial charge in [0.2, 0.25) is 0 Å². The van der Waals surface area contributed by atoms with Crippen molar-refractivity contribution in [2.24, 2.45) is 5.73 Å². The van der Waals surface area contributed by atoms with Crippen LogP contribution in [0.3, 0.4) is 0 Å². The summed E-state index contributed by atoms with van der Waals surface area (Å²) in [4.78, 5) is 16.9. The number of hydrogen-bond donors (Lipinski definition) is 1. The van der Waals surface area contributed by atoms with Gasteiger partial charge < -0.3 is 15.1 Å². The summed E-state index contributed by atoms with van der Waals surface area (Å²) in [5, 5.41) is 0.782. The van der Waals surface area contributed by atoms with Crippen LogP contribution in [0.15, 0.2) is 47.1 Å². The maximum Gasteiger partial charge on any atom is 0.289 e. The number of halogens is 1. The maximum atomic E-state index is 12.4. The zero-order valence-corrected chi connectivity index (χ0v) is 16.9. The third kappa shape index (κ3) is 3.84. The lowest BCUT2D eigenvalue weighted by molar-refractivity contribution is 0.0456. The SMILES string of the molecule is NCC1(c2cccc(Cl)c2)CCC(N2CCN(C(=O)c3ccco3)CC2)CC1. The van der Waals surface area contributed by atoms with Crippen LogP contribution in [0.4, 0.5) is 0 Å². The Morgan fingerprint density at radius 2 is 1.89 bits per heavy atom. The summed E-state index contributed by atoms with van der Waals surface area (Å²) in [6.07, 6.45) is 5.99. The maximum absolute atomic E-state index is 12.4. The quantitative estimate of drug-likeness (QED) is 0.851. The van der Waals surface area contributed by atoms with E-state index in [4.69, 9.17) is 21.8 Å². The Morgan fingerprint density at radius 1 is 1.14 bits per heavy atom. The molecule has 6 heteroatoms. The smallest absolute Gasteiger partial charge is 0.289 e. The van der Waals surface area contributed by atoms with Gasteiger partial charge in [0.05, 0.1) is 6.26 Å². The van der Waals surface area contributed by atoms with Crippen LogP contribution in [0.25, 0.3) is 0 Å². The second-order valence-corrected chi connectivity index (χ2v) is 8.47. The Balaban J connectivity index is 1.34. The molecule has 1 saturated heterocycles. The van der Waals surface area contributed by atoms with Gasteiger partial charge in [0.25, 0.3) is 5.91 Å². The van der Waals surface area contributed by atoms with E-state index in [9.17, 15) is 4.79 Å². The molecule has 1 saturated carbocycles. The van der Waals surface area contributed by atoms with E-state index < -0.39 is 0 Å². The predicted octanol–water partition coefficient (Wildman–Crippen LogP) is 3.53. The number of benzene rings is 1. The second-order valence-electron chi connectivity index (χ2n) is 8.03. The minimum Gasteiger partial charge on any atom is -0.459 e. The third-order valence-electron chi connectivity index (χ3n) is 6.59. The highest BCUT2D eigenvalue weighted by Gasteiger charge is 2.38. The molecule has 5 nitrogen and oxygen atoms in total. The van der Waals surface area contributed by atoms with E-state index in [1.807, 2.05) is 17.0 Å². The third-order valence-corrected chi connectivity index (χ3v) is 6.82. The lowest BCUT2D eigenvalue weighted by atomic mass is 9.68. The number of nitrogens with two attached hydrogens (primary N) is 1. The van der Waals surface area contributed by atoms with E-state index in [2.05, 4.69) is 17.0 Å². The van der Waals surface area contributed by atoms with Crippen molar-refractivity contribution in [3.8, 4) is 0 Å². The normalized spacial score (nSPS) is 26.4. The molecule has 1 aromatic carbocycles. The van der Waals surface area contributed by atoms with Crippen LogP contribution < -0.4 is 5.73 Å². The standard InChI is InChI=1S/C22H28ClN3O2/c23-18-4-1-3-17(15-18)22(16-24)8-6-19(7-9-22)25-10-12-26(13-11-25)21(27)20-5-2-14-28-20/h1-5,14-15,19H,6-13,16,24H2. The first-order valence-electron chi connectivity index (χ1n) is 10.1. The van der Waals surface area contributed by atoms with Gasteiger partial charge >= 0.3 is 0 Å². The molecular weight excluding hydrogens is 374 g/mol. The first-order valence-corrected chi connectivity index (χ1v) is 10.5. The van der Waals surface area contributed by atoms with Crippen LogP contribution in [0.5, 0.6) is 0 Å².